The first kappa shape index (κ1) is 29.3. The van der Waals surface area contributed by atoms with E-state index in [0.717, 1.165) is 62.8 Å². The Morgan fingerprint density at radius 1 is 0.500 bits per heavy atom. The molecule has 0 N–H and O–H groups in total. The summed E-state index contributed by atoms with van der Waals surface area (Å²) in [5, 5.41) is 8.33. The Morgan fingerprint density at radius 2 is 1.15 bits per heavy atom. The highest BCUT2D eigenvalue weighted by Gasteiger charge is 2.26. The minimum Gasteiger partial charge on any atom is -0.460 e. The van der Waals surface area contributed by atoms with Crippen LogP contribution in [0.2, 0.25) is 0 Å². The predicted octanol–water partition coefficient (Wildman–Crippen LogP) is 12.7. The molecule has 7 aromatic carbocycles. The molecule has 0 radical (unpaired) electrons. The lowest BCUT2D eigenvalue weighted by Crippen LogP contribution is -2.06. The number of hydrogen-bond donors (Lipinski definition) is 0. The van der Waals surface area contributed by atoms with E-state index in [1.807, 2.05) is 0 Å². The molecule has 0 saturated heterocycles. The van der Waals surface area contributed by atoms with Gasteiger partial charge in [-0.1, -0.05) is 115 Å². The number of furan rings is 1. The van der Waals surface area contributed by atoms with Crippen molar-refractivity contribution in [3.63, 3.8) is 0 Å². The van der Waals surface area contributed by atoms with Crippen molar-refractivity contribution < 1.29 is 4.42 Å². The van der Waals surface area contributed by atoms with Crippen molar-refractivity contribution in [3.05, 3.63) is 169 Å². The first-order chi connectivity index (χ1) is 25.7. The third-order valence-corrected chi connectivity index (χ3v) is 11.6. The first-order valence-electron chi connectivity index (χ1n) is 17.6. The number of aryl methyl sites for hydroxylation is 1. The molecule has 0 aliphatic heterocycles. The zero-order valence-electron chi connectivity index (χ0n) is 28.0. The van der Waals surface area contributed by atoms with E-state index in [-0.39, 0.29) is 0 Å². The average molecular weight is 684 g/mol. The van der Waals surface area contributed by atoms with Crippen molar-refractivity contribution in [2.45, 2.75) is 12.8 Å². The lowest BCUT2D eigenvalue weighted by atomic mass is 9.92. The van der Waals surface area contributed by atoms with E-state index in [1.54, 1.807) is 11.3 Å². The number of hydrogen-bond acceptors (Lipinski definition) is 5. The fourth-order valence-electron chi connectivity index (χ4n) is 7.82. The molecule has 0 saturated carbocycles. The van der Waals surface area contributed by atoms with Crippen LogP contribution in [0.25, 0.3) is 92.2 Å². The monoisotopic (exact) mass is 683 g/mol. The van der Waals surface area contributed by atoms with Gasteiger partial charge in [-0.25, -0.2) is 15.0 Å². The number of aromatic nitrogens is 3. The van der Waals surface area contributed by atoms with Crippen LogP contribution in [0.15, 0.2) is 156 Å². The van der Waals surface area contributed by atoms with Crippen LogP contribution < -0.4 is 0 Å². The fraction of sp³-hybridized carbons (Fsp3) is 0.0426. The van der Waals surface area contributed by atoms with Gasteiger partial charge in [-0.15, -0.1) is 11.3 Å². The summed E-state index contributed by atoms with van der Waals surface area (Å²) in [5.74, 6) is 2.96. The molecule has 52 heavy (non-hydrogen) atoms. The number of benzene rings is 7. The van der Waals surface area contributed by atoms with Crippen molar-refractivity contribution in [3.8, 4) is 33.9 Å². The van der Waals surface area contributed by atoms with E-state index in [2.05, 4.69) is 152 Å². The second-order valence-corrected chi connectivity index (χ2v) is 14.5. The van der Waals surface area contributed by atoms with Crippen LogP contribution >= 0.6 is 11.3 Å². The van der Waals surface area contributed by atoms with Crippen LogP contribution in [0.3, 0.4) is 0 Å². The Morgan fingerprint density at radius 3 is 2.00 bits per heavy atom. The van der Waals surface area contributed by atoms with Gasteiger partial charge in [0.15, 0.2) is 17.5 Å². The molecule has 0 spiro atoms. The molecule has 1 aliphatic carbocycles. The topological polar surface area (TPSA) is 51.8 Å². The van der Waals surface area contributed by atoms with E-state index in [4.69, 9.17) is 19.4 Å². The van der Waals surface area contributed by atoms with Gasteiger partial charge in [0.05, 0.1) is 0 Å². The van der Waals surface area contributed by atoms with Gasteiger partial charge in [0.25, 0.3) is 0 Å². The third kappa shape index (κ3) is 4.70. The zero-order valence-corrected chi connectivity index (χ0v) is 28.8. The molecule has 0 fully saturated rings. The van der Waals surface area contributed by atoms with Gasteiger partial charge < -0.3 is 4.42 Å². The van der Waals surface area contributed by atoms with Crippen LogP contribution in [0.5, 0.6) is 0 Å². The zero-order chi connectivity index (χ0) is 34.2. The summed E-state index contributed by atoms with van der Waals surface area (Å²) in [7, 11) is 0. The van der Waals surface area contributed by atoms with E-state index in [9.17, 15) is 0 Å². The summed E-state index contributed by atoms with van der Waals surface area (Å²) in [6.45, 7) is 0. The van der Waals surface area contributed by atoms with E-state index in [1.165, 1.54) is 41.9 Å². The van der Waals surface area contributed by atoms with Gasteiger partial charge in [0, 0.05) is 54.2 Å². The van der Waals surface area contributed by atoms with Gasteiger partial charge in [0.2, 0.25) is 0 Å². The normalized spacial score (nSPS) is 13.0. The smallest absolute Gasteiger partial charge is 0.165 e. The van der Waals surface area contributed by atoms with Crippen molar-refractivity contribution >= 4 is 69.6 Å². The lowest BCUT2D eigenvalue weighted by molar-refractivity contribution is 0.545. The van der Waals surface area contributed by atoms with Crippen molar-refractivity contribution in [1.82, 2.24) is 15.0 Å². The Bertz CT molecular complexity index is 3100. The molecule has 0 unspecified atom stereocenters. The van der Waals surface area contributed by atoms with Crippen LogP contribution in [0.1, 0.15) is 23.6 Å². The Hall–Kier alpha value is -6.43. The van der Waals surface area contributed by atoms with Crippen LogP contribution in [-0.4, -0.2) is 15.0 Å². The molecular weight excluding hydrogens is 655 g/mol. The third-order valence-electron chi connectivity index (χ3n) is 10.4. The summed E-state index contributed by atoms with van der Waals surface area (Å²) < 4.78 is 8.99. The molecule has 11 rings (SSSR count). The van der Waals surface area contributed by atoms with Gasteiger partial charge in [-0.3, -0.25) is 0 Å². The highest BCUT2D eigenvalue weighted by Crippen LogP contribution is 2.42. The average Bonchev–Trinajstić information content (AvgIpc) is 3.78. The molecule has 1 aliphatic rings. The number of rotatable bonds is 4. The summed E-state index contributed by atoms with van der Waals surface area (Å²) in [6, 6.07) is 51.6. The number of thiophene rings is 1. The highest BCUT2D eigenvalue weighted by molar-refractivity contribution is 7.26. The van der Waals surface area contributed by atoms with Crippen LogP contribution in [0, 0.1) is 0 Å². The summed E-state index contributed by atoms with van der Waals surface area (Å²) in [6.07, 6.45) is 3.95. The van der Waals surface area contributed by atoms with Crippen molar-refractivity contribution in [2.75, 3.05) is 0 Å². The molecule has 3 aromatic heterocycles. The van der Waals surface area contributed by atoms with Crippen LogP contribution in [-0.2, 0) is 6.42 Å². The standard InChI is InChI=1S/C47H29N3OS/c1-3-11-30-25-32(21-19-28(30)9-1)33-23-24-40-39(27-33)43-37(15-8-17-41(43)51-40)46-48-45(34-22-20-29-10-2-4-12-31(29)26-34)49-47(50-46)38-16-7-14-36-35-13-5-6-18-42(35)52-44(36)38/h1-7,9-16,18-27H,8,17H2. The van der Waals surface area contributed by atoms with Gasteiger partial charge >= 0.3 is 0 Å². The van der Waals surface area contributed by atoms with Crippen LogP contribution in [0.4, 0.5) is 0 Å². The van der Waals surface area contributed by atoms with Gasteiger partial charge in [-0.05, 0) is 75.5 Å². The Balaban J connectivity index is 1.12. The summed E-state index contributed by atoms with van der Waals surface area (Å²) >= 11 is 1.79. The number of nitrogens with zero attached hydrogens (tertiary/aromatic N) is 3. The minimum atomic E-state index is 0.654. The molecule has 10 aromatic rings. The van der Waals surface area contributed by atoms with Crippen molar-refractivity contribution in [1.29, 1.82) is 0 Å². The van der Waals surface area contributed by atoms with E-state index in [0.29, 0.717) is 17.5 Å². The quantitative estimate of drug-likeness (QED) is 0.185. The maximum Gasteiger partial charge on any atom is 0.165 e. The molecule has 4 nitrogen and oxygen atoms in total. The predicted molar refractivity (Wildman–Crippen MR) is 216 cm³/mol. The van der Waals surface area contributed by atoms with E-state index >= 15 is 0 Å². The molecule has 244 valence electrons. The van der Waals surface area contributed by atoms with Gasteiger partial charge in [-0.2, -0.15) is 0 Å². The Kier molecular flexibility index (Phi) is 6.51. The summed E-state index contributed by atoms with van der Waals surface area (Å²) in [4.78, 5) is 15.8. The maximum atomic E-state index is 6.56. The maximum absolute atomic E-state index is 6.56. The summed E-state index contributed by atoms with van der Waals surface area (Å²) in [5.41, 5.74) is 7.23. The molecule has 3 heterocycles. The molecule has 0 atom stereocenters. The molecule has 0 bridgehead atoms. The second-order valence-electron chi connectivity index (χ2n) is 13.5. The SMILES string of the molecule is C1=C(c2nc(-c3ccc4ccccc4c3)nc(-c3cccc4c3sc3ccccc34)n2)c2c(oc3ccc(-c4ccc5ccccc5c4)cc23)CC1. The molecular formula is C47H29N3OS. The van der Waals surface area contributed by atoms with Gasteiger partial charge in [0.1, 0.15) is 11.3 Å². The number of fused-ring (bicyclic) bond motifs is 8. The second kappa shape index (κ2) is 11.6. The lowest BCUT2D eigenvalue weighted by Gasteiger charge is -2.15. The largest absolute Gasteiger partial charge is 0.460 e. The highest BCUT2D eigenvalue weighted by atomic mass is 32.1. The molecule has 0 amide bonds. The number of allylic oxidation sites excluding steroid dienone is 1. The molecule has 5 heteroatoms. The first-order valence-corrected chi connectivity index (χ1v) is 18.5. The Labute approximate surface area is 303 Å². The minimum absolute atomic E-state index is 0.654. The van der Waals surface area contributed by atoms with Crippen molar-refractivity contribution in [2.24, 2.45) is 0 Å². The fourth-order valence-corrected chi connectivity index (χ4v) is 9.03. The van der Waals surface area contributed by atoms with E-state index < -0.39 is 0 Å².